The van der Waals surface area contributed by atoms with Crippen LogP contribution in [0.2, 0.25) is 0 Å². The van der Waals surface area contributed by atoms with Gasteiger partial charge in [0, 0.05) is 30.5 Å². The predicted octanol–water partition coefficient (Wildman–Crippen LogP) is -1.74. The van der Waals surface area contributed by atoms with Gasteiger partial charge in [-0.1, -0.05) is 16.5 Å². The van der Waals surface area contributed by atoms with Gasteiger partial charge in [-0.15, -0.1) is 11.8 Å². The lowest BCUT2D eigenvalue weighted by Gasteiger charge is -2.50. The van der Waals surface area contributed by atoms with Gasteiger partial charge in [-0.25, -0.2) is 9.78 Å². The Morgan fingerprint density at radius 2 is 2.12 bits per heavy atom. The van der Waals surface area contributed by atoms with Crippen LogP contribution in [-0.4, -0.2) is 86.3 Å². The van der Waals surface area contributed by atoms with Crippen LogP contribution in [0.5, 0.6) is 0 Å². The number of hydrogen-bond donors (Lipinski definition) is 3. The maximum absolute atomic E-state index is 13.1. The van der Waals surface area contributed by atoms with Crippen LogP contribution in [-0.2, 0) is 40.1 Å². The summed E-state index contributed by atoms with van der Waals surface area (Å²) in [5.41, 5.74) is 0.734. The average molecular weight is 615 g/mol. The first kappa shape index (κ1) is 28.7. The van der Waals surface area contributed by atoms with Crippen molar-refractivity contribution in [3.8, 4) is 0 Å². The Morgan fingerprint density at radius 3 is 2.81 bits per heavy atom. The fourth-order valence-electron chi connectivity index (χ4n) is 4.25. The molecular formula is C24H22N8O8S2. The summed E-state index contributed by atoms with van der Waals surface area (Å²) < 4.78 is 7.00. The number of ether oxygens (including phenoxy) is 1. The van der Waals surface area contributed by atoms with E-state index in [1.165, 1.54) is 42.3 Å². The minimum atomic E-state index is -1.52. The number of methoxy groups -OCH3 is 1. The van der Waals surface area contributed by atoms with Crippen molar-refractivity contribution in [3.05, 3.63) is 47.7 Å². The summed E-state index contributed by atoms with van der Waals surface area (Å²) in [7, 11) is 1.16. The maximum atomic E-state index is 13.1. The summed E-state index contributed by atoms with van der Waals surface area (Å²) in [5.74, 6) is -3.68. The lowest BCUT2D eigenvalue weighted by Crippen LogP contribution is -2.71. The van der Waals surface area contributed by atoms with Gasteiger partial charge in [0.1, 0.15) is 16.1 Å². The predicted molar refractivity (Wildman–Crippen MR) is 144 cm³/mol. The van der Waals surface area contributed by atoms with Crippen LogP contribution < -0.4 is 20.3 Å². The van der Waals surface area contributed by atoms with E-state index >= 15 is 0 Å². The third-order valence-electron chi connectivity index (χ3n) is 6.11. The zero-order valence-electron chi connectivity index (χ0n) is 22.0. The normalized spacial score (nSPS) is 18.3. The van der Waals surface area contributed by atoms with Gasteiger partial charge in [-0.3, -0.25) is 24.4 Å². The SMILES string of the molecule is COC(=O)CON=C(C(=O)NC1C(=O)N2C(C(=O)[O-])=C(C[n+]3ccc4nc(NC(C)=O)sc4c3)CS[C@@H]12)c1ccn[nH]1. The molecule has 42 heavy (non-hydrogen) atoms. The lowest BCUT2D eigenvalue weighted by molar-refractivity contribution is -0.687. The Kier molecular flexibility index (Phi) is 8.16. The number of carboxylic acids is 1. The molecule has 1 fully saturated rings. The molecule has 16 nitrogen and oxygen atoms in total. The maximum Gasteiger partial charge on any atom is 0.346 e. The van der Waals surface area contributed by atoms with Gasteiger partial charge in [0.15, 0.2) is 29.8 Å². The number of carbonyl (C=O) groups is 5. The second-order valence-corrected chi connectivity index (χ2v) is 11.1. The van der Waals surface area contributed by atoms with Crippen LogP contribution in [0.15, 0.2) is 47.1 Å². The quantitative estimate of drug-likeness (QED) is 0.0767. The number of H-pyrrole nitrogens is 1. The first-order valence-corrected chi connectivity index (χ1v) is 14.1. The molecule has 18 heteroatoms. The number of fused-ring (bicyclic) bond motifs is 2. The summed E-state index contributed by atoms with van der Waals surface area (Å²) >= 11 is 2.55. The number of nitrogens with one attached hydrogen (secondary N) is 3. The number of rotatable bonds is 10. The van der Waals surface area contributed by atoms with Crippen molar-refractivity contribution < 1.29 is 43.2 Å². The van der Waals surface area contributed by atoms with Gasteiger partial charge in [-0.2, -0.15) is 9.67 Å². The van der Waals surface area contributed by atoms with Crippen molar-refractivity contribution in [1.82, 2.24) is 25.4 Å². The molecule has 2 aliphatic rings. The summed E-state index contributed by atoms with van der Waals surface area (Å²) in [5, 5.41) is 27.2. The monoisotopic (exact) mass is 614 g/mol. The highest BCUT2D eigenvalue weighted by Gasteiger charge is 2.53. The van der Waals surface area contributed by atoms with Gasteiger partial charge in [-0.05, 0) is 6.07 Å². The zero-order chi connectivity index (χ0) is 30.0. The van der Waals surface area contributed by atoms with E-state index in [4.69, 9.17) is 4.84 Å². The summed E-state index contributed by atoms with van der Waals surface area (Å²) in [6, 6.07) is 2.12. The molecular weight excluding hydrogens is 592 g/mol. The number of amides is 3. The van der Waals surface area contributed by atoms with Gasteiger partial charge >= 0.3 is 5.97 Å². The topological polar surface area (TPSA) is 212 Å². The number of nitrogens with zero attached hydrogens (tertiary/aromatic N) is 5. The molecule has 218 valence electrons. The smallest absolute Gasteiger partial charge is 0.346 e. The first-order chi connectivity index (χ1) is 20.2. The standard InChI is InChI=1S/C24H22N8O8S2/c1-11(33)26-24-27-13-4-6-31(8-15(13)42-24)7-12-10-41-22-18(21(36)32(22)19(12)23(37)38)28-20(35)17(14-3-5-25-29-14)30-40-9-16(34)39-2/h3-6,8,18,22H,7,9-10H2,1-2H3,(H3,25,28,29,30,35,37,38)/t18?,22-/m0/s1. The molecule has 3 aromatic rings. The Hall–Kier alpha value is -4.84. The number of aromatic amines is 1. The Bertz CT molecular complexity index is 1650. The van der Waals surface area contributed by atoms with E-state index in [1.807, 2.05) is 0 Å². The van der Waals surface area contributed by atoms with E-state index in [9.17, 15) is 29.1 Å². The van der Waals surface area contributed by atoms with Crippen molar-refractivity contribution in [3.63, 3.8) is 0 Å². The van der Waals surface area contributed by atoms with Crippen molar-refractivity contribution in [2.75, 3.05) is 24.8 Å². The van der Waals surface area contributed by atoms with E-state index in [-0.39, 0.29) is 35.3 Å². The molecule has 5 rings (SSSR count). The molecule has 0 saturated carbocycles. The van der Waals surface area contributed by atoms with Crippen LogP contribution in [0.1, 0.15) is 12.6 Å². The molecule has 1 saturated heterocycles. The molecule has 0 radical (unpaired) electrons. The number of aliphatic carboxylic acids is 1. The molecule has 3 aromatic heterocycles. The zero-order valence-corrected chi connectivity index (χ0v) is 23.6. The van der Waals surface area contributed by atoms with Crippen molar-refractivity contribution >= 4 is 73.8 Å². The minimum absolute atomic E-state index is 0.154. The summed E-state index contributed by atoms with van der Waals surface area (Å²) in [4.78, 5) is 71.4. The number of aromatic nitrogens is 4. The molecule has 2 atom stereocenters. The molecule has 0 aromatic carbocycles. The van der Waals surface area contributed by atoms with E-state index in [0.29, 0.717) is 16.2 Å². The van der Waals surface area contributed by atoms with Crippen LogP contribution in [0.4, 0.5) is 5.13 Å². The number of carbonyl (C=O) groups excluding carboxylic acids is 5. The first-order valence-electron chi connectivity index (χ1n) is 12.2. The molecule has 3 N–H and O–H groups in total. The van der Waals surface area contributed by atoms with Gasteiger partial charge in [0.05, 0.1) is 30.0 Å². The fraction of sp³-hybridized carbons (Fsp3) is 0.292. The number of thiazole rings is 1. The molecule has 0 spiro atoms. The number of β-lactam (4-membered cyclic amide) rings is 1. The second kappa shape index (κ2) is 12.0. The highest BCUT2D eigenvalue weighted by Crippen LogP contribution is 2.40. The number of carboxylic acid groups (broad SMARTS) is 1. The van der Waals surface area contributed by atoms with E-state index in [2.05, 4.69) is 35.7 Å². The largest absolute Gasteiger partial charge is 0.543 e. The third kappa shape index (κ3) is 5.79. The molecule has 2 aliphatic heterocycles. The van der Waals surface area contributed by atoms with Crippen molar-refractivity contribution in [1.29, 1.82) is 0 Å². The number of pyridine rings is 1. The molecule has 5 heterocycles. The lowest BCUT2D eigenvalue weighted by atomic mass is 10.0. The summed E-state index contributed by atoms with van der Waals surface area (Å²) in [6.45, 7) is 0.986. The van der Waals surface area contributed by atoms with Gasteiger partial charge in [0.25, 0.3) is 11.8 Å². The molecule has 1 unspecified atom stereocenters. The van der Waals surface area contributed by atoms with E-state index < -0.39 is 41.8 Å². The van der Waals surface area contributed by atoms with Gasteiger partial charge in [0.2, 0.25) is 12.5 Å². The fourth-order valence-corrected chi connectivity index (χ4v) is 6.54. The van der Waals surface area contributed by atoms with Crippen molar-refractivity contribution in [2.45, 2.75) is 24.9 Å². The molecule has 3 amide bonds. The number of anilines is 1. The Labute approximate surface area is 244 Å². The Morgan fingerprint density at radius 1 is 1.31 bits per heavy atom. The number of oxime groups is 1. The average Bonchev–Trinajstić information content (AvgIpc) is 3.62. The van der Waals surface area contributed by atoms with Crippen LogP contribution in [0, 0.1) is 0 Å². The molecule has 0 bridgehead atoms. The van der Waals surface area contributed by atoms with E-state index in [1.54, 1.807) is 23.0 Å². The second-order valence-electron chi connectivity index (χ2n) is 8.93. The van der Waals surface area contributed by atoms with Crippen LogP contribution >= 0.6 is 23.1 Å². The van der Waals surface area contributed by atoms with Gasteiger partial charge < -0.3 is 30.1 Å². The molecule has 0 aliphatic carbocycles. The minimum Gasteiger partial charge on any atom is -0.543 e. The number of esters is 1. The van der Waals surface area contributed by atoms with E-state index in [0.717, 1.165) is 16.7 Å². The van der Waals surface area contributed by atoms with Crippen molar-refractivity contribution in [2.24, 2.45) is 5.16 Å². The third-order valence-corrected chi connectivity index (χ3v) is 8.37. The van der Waals surface area contributed by atoms with Crippen LogP contribution in [0.25, 0.3) is 10.2 Å². The number of hydrogen-bond acceptors (Lipinski definition) is 13. The Balaban J connectivity index is 1.32. The number of thioether (sulfide) groups is 1. The summed E-state index contributed by atoms with van der Waals surface area (Å²) in [6.07, 6.45) is 4.86. The highest BCUT2D eigenvalue weighted by atomic mass is 32.2. The highest BCUT2D eigenvalue weighted by molar-refractivity contribution is 8.00. The van der Waals surface area contributed by atoms with Crippen LogP contribution in [0.3, 0.4) is 0 Å².